The van der Waals surface area contributed by atoms with E-state index in [0.29, 0.717) is 19.6 Å². The summed E-state index contributed by atoms with van der Waals surface area (Å²) in [4.78, 5) is 18.3. The minimum absolute atomic E-state index is 0.0421. The zero-order valence-corrected chi connectivity index (χ0v) is 14.7. The predicted octanol–water partition coefficient (Wildman–Crippen LogP) is 1.67. The van der Waals surface area contributed by atoms with Crippen LogP contribution in [0.25, 0.3) is 0 Å². The number of sulfone groups is 1. The van der Waals surface area contributed by atoms with Crippen LogP contribution in [0.3, 0.4) is 0 Å². The number of nitrogens with zero attached hydrogens (tertiary/aromatic N) is 2. The van der Waals surface area contributed by atoms with E-state index < -0.39 is 9.84 Å². The molecule has 1 aliphatic rings. The second-order valence-electron chi connectivity index (χ2n) is 5.79. The number of aryl methyl sites for hydroxylation is 1. The van der Waals surface area contributed by atoms with Crippen molar-refractivity contribution >= 4 is 27.2 Å². The third kappa shape index (κ3) is 5.24. The van der Waals surface area contributed by atoms with Crippen molar-refractivity contribution in [2.24, 2.45) is 5.92 Å². The van der Waals surface area contributed by atoms with Crippen LogP contribution in [0.4, 0.5) is 4.79 Å². The van der Waals surface area contributed by atoms with Crippen molar-refractivity contribution < 1.29 is 13.2 Å². The first-order valence-electron chi connectivity index (χ1n) is 7.51. The Morgan fingerprint density at radius 1 is 1.55 bits per heavy atom. The first-order valence-corrected chi connectivity index (χ1v) is 10.4. The standard InChI is InChI=1S/C14H23N3O3S2/c1-3-13-16-12(9-21-13)7-15-14(18)17-6-4-5-11(8-17)10-22(2,19)20/h9,11H,3-8,10H2,1-2H3,(H,15,18). The summed E-state index contributed by atoms with van der Waals surface area (Å²) in [5, 5.41) is 5.90. The number of hydrogen-bond acceptors (Lipinski definition) is 5. The zero-order chi connectivity index (χ0) is 16.2. The van der Waals surface area contributed by atoms with E-state index in [1.54, 1.807) is 16.2 Å². The number of nitrogens with one attached hydrogen (secondary N) is 1. The number of likely N-dealkylation sites (tertiary alicyclic amines) is 1. The average molecular weight is 345 g/mol. The van der Waals surface area contributed by atoms with Gasteiger partial charge in [0.2, 0.25) is 0 Å². The Kier molecular flexibility index (Phi) is 5.80. The number of piperidine rings is 1. The number of rotatable bonds is 5. The molecule has 2 heterocycles. The molecule has 1 aromatic rings. The molecule has 0 spiro atoms. The molecule has 0 aromatic carbocycles. The minimum Gasteiger partial charge on any atom is -0.332 e. The van der Waals surface area contributed by atoms with Crippen molar-refractivity contribution in [2.45, 2.75) is 32.7 Å². The van der Waals surface area contributed by atoms with Gasteiger partial charge in [-0.25, -0.2) is 18.2 Å². The summed E-state index contributed by atoms with van der Waals surface area (Å²) in [6.45, 7) is 3.67. The molecule has 1 saturated heterocycles. The van der Waals surface area contributed by atoms with Crippen molar-refractivity contribution in [3.63, 3.8) is 0 Å². The lowest BCUT2D eigenvalue weighted by Gasteiger charge is -2.32. The molecule has 1 atom stereocenters. The van der Waals surface area contributed by atoms with Gasteiger partial charge in [0.05, 0.1) is 23.0 Å². The van der Waals surface area contributed by atoms with E-state index in [1.807, 2.05) is 5.38 Å². The van der Waals surface area contributed by atoms with Gasteiger partial charge in [-0.05, 0) is 25.2 Å². The molecule has 2 amide bonds. The van der Waals surface area contributed by atoms with Crippen LogP contribution in [-0.2, 0) is 22.8 Å². The lowest BCUT2D eigenvalue weighted by atomic mass is 10.0. The molecule has 0 aliphatic carbocycles. The number of carbonyl (C=O) groups excluding carboxylic acids is 1. The second kappa shape index (κ2) is 7.41. The maximum atomic E-state index is 12.2. The molecule has 1 unspecified atom stereocenters. The molecule has 124 valence electrons. The van der Waals surface area contributed by atoms with E-state index >= 15 is 0 Å². The molecular weight excluding hydrogens is 322 g/mol. The Morgan fingerprint density at radius 2 is 2.32 bits per heavy atom. The summed E-state index contributed by atoms with van der Waals surface area (Å²) in [7, 11) is -3.00. The third-order valence-corrected chi connectivity index (χ3v) is 5.79. The van der Waals surface area contributed by atoms with Crippen LogP contribution in [0, 0.1) is 5.92 Å². The van der Waals surface area contributed by atoms with Crippen molar-refractivity contribution in [1.82, 2.24) is 15.2 Å². The minimum atomic E-state index is -3.00. The molecule has 1 N–H and O–H groups in total. The van der Waals surface area contributed by atoms with E-state index in [9.17, 15) is 13.2 Å². The van der Waals surface area contributed by atoms with Gasteiger partial charge in [-0.3, -0.25) is 0 Å². The van der Waals surface area contributed by atoms with Crippen molar-refractivity contribution in [1.29, 1.82) is 0 Å². The van der Waals surface area contributed by atoms with Gasteiger partial charge in [0.1, 0.15) is 9.84 Å². The van der Waals surface area contributed by atoms with Crippen LogP contribution < -0.4 is 5.32 Å². The Labute approximate surface area is 135 Å². The quantitative estimate of drug-likeness (QED) is 0.880. The lowest BCUT2D eigenvalue weighted by molar-refractivity contribution is 0.170. The highest BCUT2D eigenvalue weighted by atomic mass is 32.2. The van der Waals surface area contributed by atoms with Gasteiger partial charge in [-0.2, -0.15) is 0 Å². The molecule has 0 radical (unpaired) electrons. The van der Waals surface area contributed by atoms with Crippen LogP contribution in [0.2, 0.25) is 0 Å². The fraction of sp³-hybridized carbons (Fsp3) is 0.714. The summed E-state index contributed by atoms with van der Waals surface area (Å²) >= 11 is 1.60. The summed E-state index contributed by atoms with van der Waals surface area (Å²) in [5.74, 6) is 0.198. The number of thiazole rings is 1. The van der Waals surface area contributed by atoms with Crippen LogP contribution in [0.5, 0.6) is 0 Å². The molecule has 6 nitrogen and oxygen atoms in total. The number of aromatic nitrogens is 1. The first kappa shape index (κ1) is 17.2. The fourth-order valence-corrected chi connectivity index (χ4v) is 4.56. The smallest absolute Gasteiger partial charge is 0.317 e. The van der Waals surface area contributed by atoms with E-state index in [4.69, 9.17) is 0 Å². The van der Waals surface area contributed by atoms with E-state index in [-0.39, 0.29) is 17.7 Å². The molecule has 8 heteroatoms. The van der Waals surface area contributed by atoms with Gasteiger partial charge in [-0.15, -0.1) is 11.3 Å². The fourth-order valence-electron chi connectivity index (χ4n) is 2.68. The molecule has 22 heavy (non-hydrogen) atoms. The molecule has 1 fully saturated rings. The van der Waals surface area contributed by atoms with Gasteiger partial charge >= 0.3 is 6.03 Å². The van der Waals surface area contributed by atoms with Gasteiger partial charge in [0.25, 0.3) is 0 Å². The average Bonchev–Trinajstić information content (AvgIpc) is 2.91. The largest absolute Gasteiger partial charge is 0.332 e. The summed E-state index contributed by atoms with van der Waals surface area (Å²) in [5.41, 5.74) is 0.875. The van der Waals surface area contributed by atoms with E-state index in [0.717, 1.165) is 30.0 Å². The van der Waals surface area contributed by atoms with Crippen LogP contribution in [0.1, 0.15) is 30.5 Å². The Bertz CT molecular complexity index is 613. The summed E-state index contributed by atoms with van der Waals surface area (Å²) in [6, 6.07) is -0.135. The maximum absolute atomic E-state index is 12.2. The van der Waals surface area contributed by atoms with Gasteiger partial charge in [0.15, 0.2) is 0 Å². The normalized spacial score (nSPS) is 19.2. The Balaban J connectivity index is 1.83. The topological polar surface area (TPSA) is 79.4 Å². The summed E-state index contributed by atoms with van der Waals surface area (Å²) in [6.07, 6.45) is 3.87. The van der Waals surface area contributed by atoms with Gasteiger partial charge in [0, 0.05) is 24.7 Å². The van der Waals surface area contributed by atoms with Crippen LogP contribution in [-0.4, -0.2) is 49.4 Å². The molecule has 2 rings (SSSR count). The third-order valence-electron chi connectivity index (χ3n) is 3.67. The lowest BCUT2D eigenvalue weighted by Crippen LogP contribution is -2.46. The monoisotopic (exact) mass is 345 g/mol. The number of carbonyl (C=O) groups is 1. The number of amides is 2. The second-order valence-corrected chi connectivity index (χ2v) is 8.92. The van der Waals surface area contributed by atoms with Crippen molar-refractivity contribution in [3.8, 4) is 0 Å². The number of urea groups is 1. The highest BCUT2D eigenvalue weighted by Crippen LogP contribution is 2.18. The Hall–Kier alpha value is -1.15. The van der Waals surface area contributed by atoms with Gasteiger partial charge in [-0.1, -0.05) is 6.92 Å². The molecule has 1 aromatic heterocycles. The molecule has 0 saturated carbocycles. The maximum Gasteiger partial charge on any atom is 0.317 e. The van der Waals surface area contributed by atoms with Crippen LogP contribution in [0.15, 0.2) is 5.38 Å². The SMILES string of the molecule is CCc1nc(CNC(=O)N2CCCC(CS(C)(=O)=O)C2)cs1. The van der Waals surface area contributed by atoms with Gasteiger partial charge < -0.3 is 10.2 Å². The van der Waals surface area contributed by atoms with E-state index in [2.05, 4.69) is 17.2 Å². The highest BCUT2D eigenvalue weighted by molar-refractivity contribution is 7.90. The molecular formula is C14H23N3O3S2. The predicted molar refractivity (Wildman–Crippen MR) is 87.7 cm³/mol. The van der Waals surface area contributed by atoms with Crippen molar-refractivity contribution in [2.75, 3.05) is 25.1 Å². The van der Waals surface area contributed by atoms with E-state index in [1.165, 1.54) is 6.26 Å². The molecule has 0 bridgehead atoms. The number of hydrogen-bond donors (Lipinski definition) is 1. The Morgan fingerprint density at radius 3 is 2.95 bits per heavy atom. The highest BCUT2D eigenvalue weighted by Gasteiger charge is 2.26. The summed E-state index contributed by atoms with van der Waals surface area (Å²) < 4.78 is 22.8. The van der Waals surface area contributed by atoms with Crippen LogP contribution >= 0.6 is 11.3 Å². The zero-order valence-electron chi connectivity index (χ0n) is 13.0. The first-order chi connectivity index (χ1) is 10.4. The van der Waals surface area contributed by atoms with Crippen molar-refractivity contribution in [3.05, 3.63) is 16.1 Å². The molecule has 1 aliphatic heterocycles.